The van der Waals surface area contributed by atoms with Gasteiger partial charge in [0.15, 0.2) is 0 Å². The maximum atomic E-state index is 6.26. The Morgan fingerprint density at radius 1 is 0.947 bits per heavy atom. The van der Waals surface area contributed by atoms with Crippen LogP contribution in [0.15, 0.2) is 0 Å². The van der Waals surface area contributed by atoms with E-state index in [-0.39, 0.29) is 0 Å². The van der Waals surface area contributed by atoms with Gasteiger partial charge in [0.25, 0.3) is 0 Å². The van der Waals surface area contributed by atoms with Crippen LogP contribution in [0, 0.1) is 29.6 Å². The van der Waals surface area contributed by atoms with Gasteiger partial charge in [0.05, 0.1) is 12.7 Å². The fourth-order valence-corrected chi connectivity index (χ4v) is 4.93. The summed E-state index contributed by atoms with van der Waals surface area (Å²) in [6.45, 7) is 7.67. The molecular formula is C17H31NO. The van der Waals surface area contributed by atoms with Crippen molar-refractivity contribution in [3.8, 4) is 0 Å². The largest absolute Gasteiger partial charge is 0.376 e. The molecule has 0 saturated heterocycles. The molecule has 0 aromatic carbocycles. The summed E-state index contributed by atoms with van der Waals surface area (Å²) in [4.78, 5) is 0. The van der Waals surface area contributed by atoms with Crippen LogP contribution in [-0.2, 0) is 4.74 Å². The first kappa shape index (κ1) is 13.9. The van der Waals surface area contributed by atoms with Crippen LogP contribution in [0.3, 0.4) is 0 Å². The number of rotatable bonds is 7. The van der Waals surface area contributed by atoms with E-state index in [1.54, 1.807) is 0 Å². The molecule has 0 spiro atoms. The van der Waals surface area contributed by atoms with Gasteiger partial charge >= 0.3 is 0 Å². The van der Waals surface area contributed by atoms with Crippen molar-refractivity contribution in [2.75, 3.05) is 19.7 Å². The number of hydrogen-bond acceptors (Lipinski definition) is 2. The first-order chi connectivity index (χ1) is 9.22. The van der Waals surface area contributed by atoms with Crippen LogP contribution >= 0.6 is 0 Å². The molecule has 0 radical (unpaired) electrons. The molecule has 2 nitrogen and oxygen atoms in total. The van der Waals surface area contributed by atoms with Gasteiger partial charge in [-0.05, 0) is 74.7 Å². The van der Waals surface area contributed by atoms with Gasteiger partial charge in [0.2, 0.25) is 0 Å². The summed E-state index contributed by atoms with van der Waals surface area (Å²) in [6.07, 6.45) is 9.31. The van der Waals surface area contributed by atoms with E-state index < -0.39 is 0 Å². The second kappa shape index (κ2) is 6.13. The molecule has 0 atom stereocenters. The smallest absolute Gasteiger partial charge is 0.0632 e. The zero-order chi connectivity index (χ0) is 13.2. The summed E-state index contributed by atoms with van der Waals surface area (Å²) in [5.74, 6) is 4.75. The summed E-state index contributed by atoms with van der Waals surface area (Å²) < 4.78 is 6.26. The Morgan fingerprint density at radius 3 is 2.16 bits per heavy atom. The van der Waals surface area contributed by atoms with Gasteiger partial charge in [0.1, 0.15) is 0 Å². The van der Waals surface area contributed by atoms with Crippen LogP contribution < -0.4 is 5.32 Å². The van der Waals surface area contributed by atoms with Gasteiger partial charge in [0, 0.05) is 6.54 Å². The molecule has 0 amide bonds. The molecule has 0 aromatic rings. The summed E-state index contributed by atoms with van der Waals surface area (Å²) in [7, 11) is 0. The Balaban J connectivity index is 1.35. The lowest BCUT2D eigenvalue weighted by Gasteiger charge is -2.54. The van der Waals surface area contributed by atoms with Crippen LogP contribution in [0.25, 0.3) is 0 Å². The third-order valence-electron chi connectivity index (χ3n) is 5.63. The lowest BCUT2D eigenvalue weighted by atomic mass is 9.55. The van der Waals surface area contributed by atoms with Crippen molar-refractivity contribution in [3.05, 3.63) is 0 Å². The average molecular weight is 265 g/mol. The van der Waals surface area contributed by atoms with Gasteiger partial charge in [-0.3, -0.25) is 0 Å². The van der Waals surface area contributed by atoms with E-state index in [4.69, 9.17) is 4.74 Å². The molecule has 0 unspecified atom stereocenters. The number of ether oxygens (including phenoxy) is 1. The van der Waals surface area contributed by atoms with Crippen molar-refractivity contribution in [2.45, 2.75) is 58.5 Å². The molecule has 110 valence electrons. The molecular weight excluding hydrogens is 234 g/mol. The van der Waals surface area contributed by atoms with E-state index in [0.717, 1.165) is 49.3 Å². The molecule has 4 rings (SSSR count). The van der Waals surface area contributed by atoms with Gasteiger partial charge in [-0.15, -0.1) is 0 Å². The van der Waals surface area contributed by atoms with Crippen molar-refractivity contribution in [1.82, 2.24) is 5.32 Å². The Hall–Kier alpha value is -0.0800. The predicted molar refractivity (Wildman–Crippen MR) is 79.1 cm³/mol. The predicted octanol–water partition coefficient (Wildman–Crippen LogP) is 3.46. The van der Waals surface area contributed by atoms with E-state index in [1.165, 1.54) is 38.5 Å². The van der Waals surface area contributed by atoms with Crippen molar-refractivity contribution in [3.63, 3.8) is 0 Å². The normalized spacial score (nSPS) is 40.3. The average Bonchev–Trinajstić information content (AvgIpc) is 2.35. The summed E-state index contributed by atoms with van der Waals surface area (Å²) in [6, 6.07) is 0. The van der Waals surface area contributed by atoms with Crippen LogP contribution in [0.4, 0.5) is 0 Å². The van der Waals surface area contributed by atoms with Gasteiger partial charge in [-0.25, -0.2) is 0 Å². The fourth-order valence-electron chi connectivity index (χ4n) is 4.93. The SMILES string of the molecule is CC(C)CCNCCOC1C2CC3CC(C2)CC1C3. The first-order valence-corrected chi connectivity index (χ1v) is 8.54. The highest BCUT2D eigenvalue weighted by molar-refractivity contribution is 4.98. The number of nitrogens with one attached hydrogen (secondary N) is 1. The second-order valence-corrected chi connectivity index (χ2v) is 7.70. The zero-order valence-electron chi connectivity index (χ0n) is 12.7. The van der Waals surface area contributed by atoms with Crippen molar-refractivity contribution < 1.29 is 4.74 Å². The van der Waals surface area contributed by atoms with E-state index in [2.05, 4.69) is 19.2 Å². The molecule has 1 N–H and O–H groups in total. The molecule has 0 aliphatic heterocycles. The van der Waals surface area contributed by atoms with Crippen LogP contribution in [0.5, 0.6) is 0 Å². The van der Waals surface area contributed by atoms with Crippen LogP contribution in [-0.4, -0.2) is 25.8 Å². The lowest BCUT2D eigenvalue weighted by Crippen LogP contribution is -2.49. The van der Waals surface area contributed by atoms with Crippen molar-refractivity contribution >= 4 is 0 Å². The Morgan fingerprint density at radius 2 is 1.58 bits per heavy atom. The van der Waals surface area contributed by atoms with Crippen molar-refractivity contribution in [1.29, 1.82) is 0 Å². The monoisotopic (exact) mass is 265 g/mol. The molecule has 4 aliphatic carbocycles. The van der Waals surface area contributed by atoms with E-state index >= 15 is 0 Å². The molecule has 2 heteroatoms. The second-order valence-electron chi connectivity index (χ2n) is 7.70. The highest BCUT2D eigenvalue weighted by atomic mass is 16.5. The molecule has 4 fully saturated rings. The van der Waals surface area contributed by atoms with Gasteiger partial charge in [-0.1, -0.05) is 13.8 Å². The molecule has 4 saturated carbocycles. The van der Waals surface area contributed by atoms with E-state index in [9.17, 15) is 0 Å². The molecule has 4 aliphatic rings. The third kappa shape index (κ3) is 3.33. The Bertz CT molecular complexity index is 261. The van der Waals surface area contributed by atoms with Gasteiger partial charge in [-0.2, -0.15) is 0 Å². The lowest BCUT2D eigenvalue weighted by molar-refractivity contribution is -0.125. The zero-order valence-corrected chi connectivity index (χ0v) is 12.7. The Labute approximate surface area is 118 Å². The molecule has 0 aromatic heterocycles. The fraction of sp³-hybridized carbons (Fsp3) is 1.00. The minimum atomic E-state index is 0.611. The van der Waals surface area contributed by atoms with E-state index in [0.29, 0.717) is 6.10 Å². The Kier molecular flexibility index (Phi) is 4.48. The highest BCUT2D eigenvalue weighted by Gasteiger charge is 2.48. The minimum absolute atomic E-state index is 0.611. The quantitative estimate of drug-likeness (QED) is 0.712. The van der Waals surface area contributed by atoms with Crippen LogP contribution in [0.1, 0.15) is 52.4 Å². The minimum Gasteiger partial charge on any atom is -0.376 e. The molecule has 4 bridgehead atoms. The molecule has 0 heterocycles. The maximum absolute atomic E-state index is 6.26. The topological polar surface area (TPSA) is 21.3 Å². The molecule has 19 heavy (non-hydrogen) atoms. The first-order valence-electron chi connectivity index (χ1n) is 8.54. The van der Waals surface area contributed by atoms with Crippen LogP contribution in [0.2, 0.25) is 0 Å². The summed E-state index contributed by atoms with van der Waals surface area (Å²) >= 11 is 0. The maximum Gasteiger partial charge on any atom is 0.0632 e. The van der Waals surface area contributed by atoms with E-state index in [1.807, 2.05) is 0 Å². The highest BCUT2D eigenvalue weighted by Crippen LogP contribution is 2.54. The van der Waals surface area contributed by atoms with Gasteiger partial charge < -0.3 is 10.1 Å². The summed E-state index contributed by atoms with van der Waals surface area (Å²) in [5.41, 5.74) is 0. The summed E-state index contributed by atoms with van der Waals surface area (Å²) in [5, 5.41) is 3.51. The standard InChI is InChI=1S/C17H31NO/c1-12(2)3-4-18-5-6-19-17-15-8-13-7-14(10-15)11-16(17)9-13/h12-18H,3-11H2,1-2H3. The van der Waals surface area contributed by atoms with Crippen molar-refractivity contribution in [2.24, 2.45) is 29.6 Å². The third-order valence-corrected chi connectivity index (χ3v) is 5.63. The number of hydrogen-bond donors (Lipinski definition) is 1.